The highest BCUT2D eigenvalue weighted by atomic mass is 16.4. The zero-order valence-electron chi connectivity index (χ0n) is 22.2. The van der Waals surface area contributed by atoms with Crippen LogP contribution in [0.3, 0.4) is 0 Å². The van der Waals surface area contributed by atoms with Crippen molar-refractivity contribution in [3.05, 3.63) is 76.9 Å². The van der Waals surface area contributed by atoms with Crippen molar-refractivity contribution in [1.82, 2.24) is 9.80 Å². The summed E-state index contributed by atoms with van der Waals surface area (Å²) >= 11 is 0. The molecule has 2 atom stereocenters. The molecule has 2 aromatic rings. The van der Waals surface area contributed by atoms with E-state index in [1.165, 1.54) is 5.57 Å². The summed E-state index contributed by atoms with van der Waals surface area (Å²) in [7, 11) is 0. The Labute approximate surface area is 215 Å². The molecule has 0 bridgehead atoms. The first-order valence-corrected chi connectivity index (χ1v) is 13.4. The van der Waals surface area contributed by atoms with Gasteiger partial charge in [0.25, 0.3) is 5.91 Å². The van der Waals surface area contributed by atoms with Gasteiger partial charge in [-0.3, -0.25) is 9.69 Å². The van der Waals surface area contributed by atoms with Gasteiger partial charge in [-0.05, 0) is 72.4 Å². The molecule has 1 aliphatic carbocycles. The molecule has 1 aliphatic heterocycles. The standard InChI is InChI=1S/C31H40N2O3/c1-5-25-20-32(21-26(6-2)33(25)19-22-11-13-24(14-12-22)30(35)36)29(34)28-10-8-7-9-27(28)23-15-17-31(3,4)18-16-23/h7-15,25-26H,5-6,16-21H2,1-4H3,(H,35,36)/t25-,26+. The lowest BCUT2D eigenvalue weighted by molar-refractivity contribution is 0.0136. The fourth-order valence-electron chi connectivity index (χ4n) is 5.65. The Morgan fingerprint density at radius 2 is 1.61 bits per heavy atom. The summed E-state index contributed by atoms with van der Waals surface area (Å²) in [5.74, 6) is -0.766. The Morgan fingerprint density at radius 3 is 2.17 bits per heavy atom. The van der Waals surface area contributed by atoms with E-state index in [9.17, 15) is 14.7 Å². The van der Waals surface area contributed by atoms with E-state index in [1.54, 1.807) is 12.1 Å². The summed E-state index contributed by atoms with van der Waals surface area (Å²) in [6, 6.07) is 15.8. The molecule has 1 heterocycles. The van der Waals surface area contributed by atoms with E-state index in [2.05, 4.69) is 49.6 Å². The van der Waals surface area contributed by atoms with Crippen LogP contribution >= 0.6 is 0 Å². The number of allylic oxidation sites excluding steroid dienone is 2. The number of carbonyl (C=O) groups is 2. The Hall–Kier alpha value is -2.92. The van der Waals surface area contributed by atoms with Gasteiger partial charge in [0.1, 0.15) is 0 Å². The van der Waals surface area contributed by atoms with E-state index in [0.717, 1.165) is 55.3 Å². The SMILES string of the molecule is CC[C@@H]1CN(C(=O)c2ccccc2C2=CCC(C)(C)CC2)C[C@H](CC)N1Cc1ccc(C(=O)O)cc1. The molecule has 1 saturated heterocycles. The van der Waals surface area contributed by atoms with Crippen LogP contribution in [-0.4, -0.2) is 52.0 Å². The number of amides is 1. The Balaban J connectivity index is 1.53. The van der Waals surface area contributed by atoms with Gasteiger partial charge >= 0.3 is 5.97 Å². The van der Waals surface area contributed by atoms with Crippen molar-refractivity contribution in [2.75, 3.05) is 13.1 Å². The molecule has 2 aromatic carbocycles. The van der Waals surface area contributed by atoms with Crippen molar-refractivity contribution >= 4 is 17.4 Å². The monoisotopic (exact) mass is 488 g/mol. The molecule has 5 heteroatoms. The zero-order valence-corrected chi connectivity index (χ0v) is 22.2. The fraction of sp³-hybridized carbons (Fsp3) is 0.484. The number of carbonyl (C=O) groups excluding carboxylic acids is 1. The molecule has 36 heavy (non-hydrogen) atoms. The molecule has 0 aromatic heterocycles. The van der Waals surface area contributed by atoms with E-state index in [1.807, 2.05) is 30.3 Å². The second-order valence-corrected chi connectivity index (χ2v) is 11.2. The largest absolute Gasteiger partial charge is 0.478 e. The Bertz CT molecular complexity index is 1100. The molecule has 4 rings (SSSR count). The van der Waals surface area contributed by atoms with E-state index in [-0.39, 0.29) is 18.0 Å². The van der Waals surface area contributed by atoms with Gasteiger partial charge in [0.2, 0.25) is 0 Å². The molecule has 5 nitrogen and oxygen atoms in total. The van der Waals surface area contributed by atoms with Crippen molar-refractivity contribution in [2.45, 2.75) is 78.4 Å². The quantitative estimate of drug-likeness (QED) is 0.484. The van der Waals surface area contributed by atoms with Crippen molar-refractivity contribution in [1.29, 1.82) is 0 Å². The highest BCUT2D eigenvalue weighted by Gasteiger charge is 2.36. The molecule has 0 radical (unpaired) electrons. The number of nitrogens with zero attached hydrogens (tertiary/aromatic N) is 2. The lowest BCUT2D eigenvalue weighted by atomic mass is 9.76. The van der Waals surface area contributed by atoms with Gasteiger partial charge in [0.15, 0.2) is 0 Å². The van der Waals surface area contributed by atoms with Crippen molar-refractivity contribution in [2.24, 2.45) is 5.41 Å². The van der Waals surface area contributed by atoms with E-state index >= 15 is 0 Å². The molecule has 0 unspecified atom stereocenters. The molecular formula is C31H40N2O3. The second-order valence-electron chi connectivity index (χ2n) is 11.2. The molecule has 1 fully saturated rings. The first-order chi connectivity index (χ1) is 17.2. The van der Waals surface area contributed by atoms with Gasteiger partial charge < -0.3 is 10.0 Å². The number of aromatic carboxylic acids is 1. The molecule has 0 spiro atoms. The third-order valence-electron chi connectivity index (χ3n) is 8.07. The topological polar surface area (TPSA) is 60.9 Å². The third kappa shape index (κ3) is 5.73. The number of hydrogen-bond donors (Lipinski definition) is 1. The number of carboxylic acids is 1. The van der Waals surface area contributed by atoms with E-state index in [4.69, 9.17) is 0 Å². The highest BCUT2D eigenvalue weighted by molar-refractivity contribution is 5.99. The normalized spacial score (nSPS) is 22.2. The number of carboxylic acid groups (broad SMARTS) is 1. The summed E-state index contributed by atoms with van der Waals surface area (Å²) in [5, 5.41) is 9.21. The third-order valence-corrected chi connectivity index (χ3v) is 8.07. The van der Waals surface area contributed by atoms with Crippen LogP contribution in [-0.2, 0) is 6.54 Å². The molecule has 192 valence electrons. The number of benzene rings is 2. The Kier molecular flexibility index (Phi) is 7.99. The maximum absolute atomic E-state index is 13.9. The molecule has 0 saturated carbocycles. The fourth-order valence-corrected chi connectivity index (χ4v) is 5.65. The van der Waals surface area contributed by atoms with Crippen LogP contribution in [0, 0.1) is 5.41 Å². The maximum atomic E-state index is 13.9. The summed E-state index contributed by atoms with van der Waals surface area (Å²) in [6.45, 7) is 11.2. The van der Waals surface area contributed by atoms with Gasteiger partial charge in [-0.25, -0.2) is 4.79 Å². The van der Waals surface area contributed by atoms with E-state index < -0.39 is 5.97 Å². The average molecular weight is 489 g/mol. The lowest BCUT2D eigenvalue weighted by Gasteiger charge is -2.47. The van der Waals surface area contributed by atoms with Crippen molar-refractivity contribution < 1.29 is 14.7 Å². The predicted molar refractivity (Wildman–Crippen MR) is 145 cm³/mol. The summed E-state index contributed by atoms with van der Waals surface area (Å²) in [4.78, 5) is 29.7. The van der Waals surface area contributed by atoms with Crippen LogP contribution in [0.4, 0.5) is 0 Å². The second kappa shape index (κ2) is 11.0. The molecule has 2 aliphatic rings. The number of hydrogen-bond acceptors (Lipinski definition) is 3. The van der Waals surface area contributed by atoms with Crippen LogP contribution in [0.5, 0.6) is 0 Å². The summed E-state index contributed by atoms with van der Waals surface area (Å²) in [6.07, 6.45) is 7.45. The predicted octanol–water partition coefficient (Wildman–Crippen LogP) is 6.49. The van der Waals surface area contributed by atoms with Crippen LogP contribution in [0.1, 0.15) is 91.6 Å². The van der Waals surface area contributed by atoms with Crippen molar-refractivity contribution in [3.63, 3.8) is 0 Å². The smallest absolute Gasteiger partial charge is 0.335 e. The molecular weight excluding hydrogens is 448 g/mol. The lowest BCUT2D eigenvalue weighted by Crippen LogP contribution is -2.59. The van der Waals surface area contributed by atoms with Gasteiger partial charge in [-0.2, -0.15) is 0 Å². The summed E-state index contributed by atoms with van der Waals surface area (Å²) in [5.41, 5.74) is 4.97. The first-order valence-electron chi connectivity index (χ1n) is 13.4. The van der Waals surface area contributed by atoms with Gasteiger partial charge in [0, 0.05) is 37.3 Å². The average Bonchev–Trinajstić information content (AvgIpc) is 2.88. The van der Waals surface area contributed by atoms with Gasteiger partial charge in [-0.1, -0.05) is 64.1 Å². The van der Waals surface area contributed by atoms with E-state index in [0.29, 0.717) is 24.1 Å². The number of rotatable bonds is 7. The van der Waals surface area contributed by atoms with Crippen LogP contribution < -0.4 is 0 Å². The van der Waals surface area contributed by atoms with Crippen LogP contribution in [0.2, 0.25) is 0 Å². The first kappa shape index (κ1) is 26.2. The van der Waals surface area contributed by atoms with Gasteiger partial charge in [0.05, 0.1) is 5.56 Å². The van der Waals surface area contributed by atoms with Crippen molar-refractivity contribution in [3.8, 4) is 0 Å². The Morgan fingerprint density at radius 1 is 0.972 bits per heavy atom. The minimum absolute atomic E-state index is 0.138. The zero-order chi connectivity index (χ0) is 25.9. The molecule has 1 amide bonds. The molecule has 1 N–H and O–H groups in total. The summed E-state index contributed by atoms with van der Waals surface area (Å²) < 4.78 is 0. The minimum Gasteiger partial charge on any atom is -0.478 e. The van der Waals surface area contributed by atoms with Gasteiger partial charge in [-0.15, -0.1) is 0 Å². The minimum atomic E-state index is -0.903. The number of piperazine rings is 1. The van der Waals surface area contributed by atoms with Crippen LogP contribution in [0.25, 0.3) is 5.57 Å². The maximum Gasteiger partial charge on any atom is 0.335 e. The highest BCUT2D eigenvalue weighted by Crippen LogP contribution is 2.39. The van der Waals surface area contributed by atoms with Crippen LogP contribution in [0.15, 0.2) is 54.6 Å².